The lowest BCUT2D eigenvalue weighted by Crippen LogP contribution is -2.35. The molecule has 4 nitrogen and oxygen atoms in total. The van der Waals surface area contributed by atoms with Crippen molar-refractivity contribution < 1.29 is 4.52 Å². The molecule has 2 aliphatic rings. The third-order valence-electron chi connectivity index (χ3n) is 8.24. The minimum Gasteiger partial charge on any atom is -0.339 e. The van der Waals surface area contributed by atoms with Crippen LogP contribution in [0.5, 0.6) is 0 Å². The van der Waals surface area contributed by atoms with Crippen LogP contribution in [0, 0.1) is 0 Å². The maximum atomic E-state index is 5.59. The van der Waals surface area contributed by atoms with Crippen LogP contribution >= 0.6 is 0 Å². The van der Waals surface area contributed by atoms with Gasteiger partial charge in [0.15, 0.2) is 0 Å². The Morgan fingerprint density at radius 3 is 2.46 bits per heavy atom. The van der Waals surface area contributed by atoms with Crippen LogP contribution < -0.4 is 5.32 Å². The van der Waals surface area contributed by atoms with Crippen LogP contribution in [0.3, 0.4) is 0 Å². The Morgan fingerprint density at radius 2 is 1.60 bits per heavy atom. The van der Waals surface area contributed by atoms with Gasteiger partial charge in [-0.3, -0.25) is 0 Å². The SMILES string of the molecule is CC(NC1CCCC(c2ccc(-c3noc(C4CCCC4)n3)cc2)C1)c1cccc2ccccc12. The fraction of sp³-hybridized carbons (Fsp3) is 0.419. The zero-order valence-corrected chi connectivity index (χ0v) is 20.6. The molecule has 1 aromatic heterocycles. The number of hydrogen-bond donors (Lipinski definition) is 1. The molecule has 0 spiro atoms. The average molecular weight is 466 g/mol. The summed E-state index contributed by atoms with van der Waals surface area (Å²) in [5.41, 5.74) is 3.88. The molecular weight excluding hydrogens is 430 g/mol. The number of hydrogen-bond acceptors (Lipinski definition) is 4. The van der Waals surface area contributed by atoms with Crippen LogP contribution in [0.2, 0.25) is 0 Å². The van der Waals surface area contributed by atoms with Gasteiger partial charge in [0.1, 0.15) is 0 Å². The van der Waals surface area contributed by atoms with Gasteiger partial charge in [0.05, 0.1) is 0 Å². The number of benzene rings is 3. The summed E-state index contributed by atoms with van der Waals surface area (Å²) < 4.78 is 5.59. The van der Waals surface area contributed by atoms with Crippen molar-refractivity contribution in [1.82, 2.24) is 15.5 Å². The molecule has 3 aromatic carbocycles. The molecule has 4 aromatic rings. The van der Waals surface area contributed by atoms with Crippen molar-refractivity contribution in [3.63, 3.8) is 0 Å². The molecule has 180 valence electrons. The fourth-order valence-electron chi connectivity index (χ4n) is 6.31. The van der Waals surface area contributed by atoms with Crippen LogP contribution in [-0.4, -0.2) is 16.2 Å². The highest BCUT2D eigenvalue weighted by Gasteiger charge is 2.26. The Bertz CT molecular complexity index is 1270. The molecule has 35 heavy (non-hydrogen) atoms. The Labute approximate surface area is 208 Å². The van der Waals surface area contributed by atoms with Gasteiger partial charge in [-0.2, -0.15) is 4.98 Å². The second-order valence-corrected chi connectivity index (χ2v) is 10.6. The van der Waals surface area contributed by atoms with E-state index in [4.69, 9.17) is 9.51 Å². The van der Waals surface area contributed by atoms with Crippen molar-refractivity contribution in [3.05, 3.63) is 83.7 Å². The number of aromatic nitrogens is 2. The fourth-order valence-corrected chi connectivity index (χ4v) is 6.31. The molecule has 1 N–H and O–H groups in total. The monoisotopic (exact) mass is 465 g/mol. The van der Waals surface area contributed by atoms with Crippen molar-refractivity contribution in [2.45, 2.75) is 82.2 Å². The zero-order chi connectivity index (χ0) is 23.6. The Morgan fingerprint density at radius 1 is 0.829 bits per heavy atom. The summed E-state index contributed by atoms with van der Waals surface area (Å²) in [4.78, 5) is 4.71. The van der Waals surface area contributed by atoms with Gasteiger partial charge in [0.25, 0.3) is 0 Å². The van der Waals surface area contributed by atoms with E-state index in [0.717, 1.165) is 17.3 Å². The lowest BCUT2D eigenvalue weighted by Gasteiger charge is -2.32. The maximum Gasteiger partial charge on any atom is 0.230 e. The first kappa shape index (κ1) is 22.5. The van der Waals surface area contributed by atoms with E-state index in [1.807, 2.05) is 0 Å². The number of rotatable bonds is 6. The van der Waals surface area contributed by atoms with Gasteiger partial charge in [-0.15, -0.1) is 0 Å². The molecule has 2 saturated carbocycles. The van der Waals surface area contributed by atoms with Gasteiger partial charge in [-0.1, -0.05) is 91.1 Å². The molecule has 6 rings (SSSR count). The van der Waals surface area contributed by atoms with Gasteiger partial charge in [-0.25, -0.2) is 0 Å². The molecule has 3 atom stereocenters. The summed E-state index contributed by atoms with van der Waals surface area (Å²) in [5, 5.41) is 10.9. The highest BCUT2D eigenvalue weighted by Crippen LogP contribution is 2.36. The van der Waals surface area contributed by atoms with E-state index in [1.165, 1.54) is 73.3 Å². The molecule has 0 bridgehead atoms. The second kappa shape index (κ2) is 9.94. The largest absolute Gasteiger partial charge is 0.339 e. The second-order valence-electron chi connectivity index (χ2n) is 10.6. The Balaban J connectivity index is 1.12. The minimum absolute atomic E-state index is 0.333. The van der Waals surface area contributed by atoms with Crippen molar-refractivity contribution in [2.75, 3.05) is 0 Å². The van der Waals surface area contributed by atoms with Crippen LogP contribution in [0.15, 0.2) is 71.3 Å². The molecule has 2 fully saturated rings. The van der Waals surface area contributed by atoms with Gasteiger partial charge in [0, 0.05) is 23.6 Å². The van der Waals surface area contributed by atoms with E-state index in [-0.39, 0.29) is 0 Å². The smallest absolute Gasteiger partial charge is 0.230 e. The molecular formula is C31H35N3O. The molecule has 1 heterocycles. The van der Waals surface area contributed by atoms with Crippen LogP contribution in [0.1, 0.15) is 93.2 Å². The van der Waals surface area contributed by atoms with Gasteiger partial charge >= 0.3 is 0 Å². The number of nitrogens with zero attached hydrogens (tertiary/aromatic N) is 2. The molecule has 3 unspecified atom stereocenters. The summed E-state index contributed by atoms with van der Waals surface area (Å²) in [6.07, 6.45) is 9.85. The van der Waals surface area contributed by atoms with Crippen molar-refractivity contribution in [3.8, 4) is 11.4 Å². The van der Waals surface area contributed by atoms with Crippen molar-refractivity contribution in [1.29, 1.82) is 0 Å². The van der Waals surface area contributed by atoms with Crippen LogP contribution in [0.25, 0.3) is 22.2 Å². The first-order valence-corrected chi connectivity index (χ1v) is 13.4. The van der Waals surface area contributed by atoms with E-state index in [2.05, 4.69) is 84.1 Å². The molecule has 0 radical (unpaired) electrons. The number of nitrogens with one attached hydrogen (secondary N) is 1. The van der Waals surface area contributed by atoms with E-state index in [0.29, 0.717) is 23.9 Å². The highest BCUT2D eigenvalue weighted by molar-refractivity contribution is 5.86. The average Bonchev–Trinajstić information content (AvgIpc) is 3.61. The molecule has 0 saturated heterocycles. The Hall–Kier alpha value is -2.98. The predicted octanol–water partition coefficient (Wildman–Crippen LogP) is 7.92. The van der Waals surface area contributed by atoms with E-state index >= 15 is 0 Å². The maximum absolute atomic E-state index is 5.59. The Kier molecular flexibility index (Phi) is 6.39. The number of fused-ring (bicyclic) bond motifs is 1. The predicted molar refractivity (Wildman–Crippen MR) is 141 cm³/mol. The quantitative estimate of drug-likeness (QED) is 0.314. The van der Waals surface area contributed by atoms with Crippen molar-refractivity contribution in [2.24, 2.45) is 0 Å². The molecule has 2 aliphatic carbocycles. The summed E-state index contributed by atoms with van der Waals surface area (Å²) in [6.45, 7) is 2.31. The van der Waals surface area contributed by atoms with Crippen molar-refractivity contribution >= 4 is 10.8 Å². The van der Waals surface area contributed by atoms with Gasteiger partial charge in [0.2, 0.25) is 11.7 Å². The highest BCUT2D eigenvalue weighted by atomic mass is 16.5. The lowest BCUT2D eigenvalue weighted by molar-refractivity contribution is 0.319. The topological polar surface area (TPSA) is 51.0 Å². The van der Waals surface area contributed by atoms with Gasteiger partial charge in [-0.05, 0) is 66.8 Å². The third-order valence-corrected chi connectivity index (χ3v) is 8.24. The van der Waals surface area contributed by atoms with Gasteiger partial charge < -0.3 is 9.84 Å². The summed E-state index contributed by atoms with van der Waals surface area (Å²) in [6, 6.07) is 25.1. The lowest BCUT2D eigenvalue weighted by atomic mass is 9.80. The molecule has 4 heteroatoms. The molecule has 0 amide bonds. The summed E-state index contributed by atoms with van der Waals surface area (Å²) in [5.74, 6) is 2.60. The standard InChI is InChI=1S/C31H35N3O/c1-21(28-15-7-11-23-8-4-5-14-29(23)28)32-27-13-6-12-26(20-27)22-16-18-24(19-17-22)30-33-31(35-34-30)25-9-2-3-10-25/h4-5,7-8,11,14-19,21,25-27,32H,2-3,6,9-10,12-13,20H2,1H3. The first-order chi connectivity index (χ1) is 17.2. The normalized spacial score (nSPS) is 22.0. The summed E-state index contributed by atoms with van der Waals surface area (Å²) in [7, 11) is 0. The van der Waals surface area contributed by atoms with Crippen LogP contribution in [-0.2, 0) is 0 Å². The molecule has 0 aliphatic heterocycles. The van der Waals surface area contributed by atoms with Crippen LogP contribution in [0.4, 0.5) is 0 Å². The van der Waals surface area contributed by atoms with E-state index in [1.54, 1.807) is 0 Å². The minimum atomic E-state index is 0.333. The zero-order valence-electron chi connectivity index (χ0n) is 20.6. The summed E-state index contributed by atoms with van der Waals surface area (Å²) >= 11 is 0. The van der Waals surface area contributed by atoms with E-state index in [9.17, 15) is 0 Å². The first-order valence-electron chi connectivity index (χ1n) is 13.4. The third kappa shape index (κ3) is 4.77. The van der Waals surface area contributed by atoms with E-state index < -0.39 is 0 Å².